The molecular weight excluding hydrogens is 282 g/mol. The average molecular weight is 304 g/mol. The number of rotatable bonds is 7. The molecule has 0 aliphatic heterocycles. The Labute approximate surface area is 132 Å². The Bertz CT molecular complexity index is 569. The molecule has 0 radical (unpaired) electrons. The minimum absolute atomic E-state index is 0.487. The molecule has 2 aromatic rings. The molecule has 0 bridgehead atoms. The highest BCUT2D eigenvalue weighted by atomic mass is 35.5. The van der Waals surface area contributed by atoms with Crippen LogP contribution in [0.3, 0.4) is 0 Å². The summed E-state index contributed by atoms with van der Waals surface area (Å²) in [7, 11) is 0. The molecular formula is C18H22ClNO. The third kappa shape index (κ3) is 5.07. The highest BCUT2D eigenvalue weighted by molar-refractivity contribution is 6.31. The van der Waals surface area contributed by atoms with Gasteiger partial charge in [0.1, 0.15) is 12.4 Å². The zero-order chi connectivity index (χ0) is 15.1. The fourth-order valence-electron chi connectivity index (χ4n) is 2.06. The topological polar surface area (TPSA) is 21.3 Å². The van der Waals surface area contributed by atoms with Crippen molar-refractivity contribution < 1.29 is 4.74 Å². The van der Waals surface area contributed by atoms with Gasteiger partial charge in [0.2, 0.25) is 0 Å². The molecule has 2 rings (SSSR count). The largest absolute Gasteiger partial charge is 0.489 e. The molecule has 0 saturated heterocycles. The summed E-state index contributed by atoms with van der Waals surface area (Å²) < 4.78 is 5.94. The van der Waals surface area contributed by atoms with Crippen molar-refractivity contribution >= 4 is 11.6 Å². The van der Waals surface area contributed by atoms with Crippen LogP contribution in [0.2, 0.25) is 5.02 Å². The molecule has 0 saturated carbocycles. The summed E-state index contributed by atoms with van der Waals surface area (Å²) in [5.74, 6) is 1.55. The number of hydrogen-bond acceptors (Lipinski definition) is 2. The summed E-state index contributed by atoms with van der Waals surface area (Å²) in [5.41, 5.74) is 2.18. The van der Waals surface area contributed by atoms with Crippen LogP contribution in [0.15, 0.2) is 48.5 Å². The van der Waals surface area contributed by atoms with Crippen LogP contribution >= 0.6 is 11.6 Å². The van der Waals surface area contributed by atoms with E-state index in [0.29, 0.717) is 12.5 Å². The molecule has 0 spiro atoms. The van der Waals surface area contributed by atoms with Gasteiger partial charge in [0.15, 0.2) is 0 Å². The van der Waals surface area contributed by atoms with E-state index < -0.39 is 0 Å². The molecule has 0 amide bonds. The van der Waals surface area contributed by atoms with E-state index in [4.69, 9.17) is 16.3 Å². The molecule has 0 atom stereocenters. The van der Waals surface area contributed by atoms with E-state index in [0.717, 1.165) is 29.4 Å². The molecule has 0 fully saturated rings. The Kier molecular flexibility index (Phi) is 6.09. The summed E-state index contributed by atoms with van der Waals surface area (Å²) in [5, 5.41) is 4.19. The first-order chi connectivity index (χ1) is 10.2. The van der Waals surface area contributed by atoms with Gasteiger partial charge >= 0.3 is 0 Å². The summed E-state index contributed by atoms with van der Waals surface area (Å²) in [6, 6.07) is 15.9. The summed E-state index contributed by atoms with van der Waals surface area (Å²) in [6.45, 7) is 6.70. The van der Waals surface area contributed by atoms with Crippen molar-refractivity contribution in [3.63, 3.8) is 0 Å². The van der Waals surface area contributed by atoms with Crippen LogP contribution in [0.1, 0.15) is 25.0 Å². The van der Waals surface area contributed by atoms with Gasteiger partial charge in [-0.05, 0) is 24.6 Å². The standard InChI is InChI=1S/C18H22ClNO/c1-14(2)11-20-12-15-7-4-6-10-18(15)21-13-16-8-3-5-9-17(16)19/h3-10,14,20H,11-13H2,1-2H3. The van der Waals surface area contributed by atoms with Crippen LogP contribution in [0.4, 0.5) is 0 Å². The molecule has 0 aliphatic carbocycles. The zero-order valence-electron chi connectivity index (χ0n) is 12.6. The summed E-state index contributed by atoms with van der Waals surface area (Å²) >= 11 is 6.16. The van der Waals surface area contributed by atoms with Gasteiger partial charge in [-0.25, -0.2) is 0 Å². The monoisotopic (exact) mass is 303 g/mol. The second kappa shape index (κ2) is 8.06. The van der Waals surface area contributed by atoms with Crippen LogP contribution in [-0.4, -0.2) is 6.54 Å². The van der Waals surface area contributed by atoms with Crippen molar-refractivity contribution in [2.24, 2.45) is 5.92 Å². The lowest BCUT2D eigenvalue weighted by molar-refractivity contribution is 0.302. The van der Waals surface area contributed by atoms with Crippen molar-refractivity contribution in [1.29, 1.82) is 0 Å². The number of para-hydroxylation sites is 1. The van der Waals surface area contributed by atoms with E-state index >= 15 is 0 Å². The lowest BCUT2D eigenvalue weighted by atomic mass is 10.1. The Balaban J connectivity index is 1.98. The Morgan fingerprint density at radius 2 is 1.67 bits per heavy atom. The summed E-state index contributed by atoms with van der Waals surface area (Å²) in [4.78, 5) is 0. The van der Waals surface area contributed by atoms with E-state index in [-0.39, 0.29) is 0 Å². The SMILES string of the molecule is CC(C)CNCc1ccccc1OCc1ccccc1Cl. The minimum atomic E-state index is 0.487. The highest BCUT2D eigenvalue weighted by Crippen LogP contribution is 2.21. The molecule has 0 unspecified atom stereocenters. The fourth-order valence-corrected chi connectivity index (χ4v) is 2.25. The molecule has 112 valence electrons. The predicted molar refractivity (Wildman–Crippen MR) is 88.8 cm³/mol. The molecule has 2 aromatic carbocycles. The number of benzene rings is 2. The van der Waals surface area contributed by atoms with Crippen molar-refractivity contribution in [2.45, 2.75) is 27.0 Å². The smallest absolute Gasteiger partial charge is 0.124 e. The van der Waals surface area contributed by atoms with Crippen LogP contribution in [-0.2, 0) is 13.2 Å². The van der Waals surface area contributed by atoms with Gasteiger partial charge in [0, 0.05) is 22.7 Å². The van der Waals surface area contributed by atoms with Crippen LogP contribution in [0, 0.1) is 5.92 Å². The molecule has 0 aliphatic rings. The van der Waals surface area contributed by atoms with Gasteiger partial charge < -0.3 is 10.1 Å². The number of ether oxygens (including phenoxy) is 1. The van der Waals surface area contributed by atoms with Gasteiger partial charge in [0.25, 0.3) is 0 Å². The Hall–Kier alpha value is -1.51. The maximum atomic E-state index is 6.16. The molecule has 0 heterocycles. The number of hydrogen-bond donors (Lipinski definition) is 1. The maximum Gasteiger partial charge on any atom is 0.124 e. The van der Waals surface area contributed by atoms with Crippen LogP contribution in [0.25, 0.3) is 0 Å². The van der Waals surface area contributed by atoms with Gasteiger partial charge in [-0.3, -0.25) is 0 Å². The third-order valence-electron chi connectivity index (χ3n) is 3.18. The number of halogens is 1. The molecule has 1 N–H and O–H groups in total. The van der Waals surface area contributed by atoms with Gasteiger partial charge in [0.05, 0.1) is 0 Å². The van der Waals surface area contributed by atoms with E-state index in [9.17, 15) is 0 Å². The highest BCUT2D eigenvalue weighted by Gasteiger charge is 2.05. The number of nitrogens with one attached hydrogen (secondary N) is 1. The zero-order valence-corrected chi connectivity index (χ0v) is 13.4. The third-order valence-corrected chi connectivity index (χ3v) is 3.55. The van der Waals surface area contributed by atoms with Crippen molar-refractivity contribution in [3.05, 3.63) is 64.7 Å². The molecule has 3 heteroatoms. The quantitative estimate of drug-likeness (QED) is 0.803. The molecule has 21 heavy (non-hydrogen) atoms. The van der Waals surface area contributed by atoms with E-state index in [1.807, 2.05) is 42.5 Å². The fraction of sp³-hybridized carbons (Fsp3) is 0.333. The minimum Gasteiger partial charge on any atom is -0.489 e. The van der Waals surface area contributed by atoms with Gasteiger partial charge in [-0.2, -0.15) is 0 Å². The van der Waals surface area contributed by atoms with Crippen molar-refractivity contribution in [2.75, 3.05) is 6.54 Å². The van der Waals surface area contributed by atoms with E-state index in [2.05, 4.69) is 25.2 Å². The predicted octanol–water partition coefficient (Wildman–Crippen LogP) is 4.66. The second-order valence-corrected chi connectivity index (χ2v) is 5.92. The Morgan fingerprint density at radius 1 is 1.00 bits per heavy atom. The summed E-state index contributed by atoms with van der Waals surface area (Å²) in [6.07, 6.45) is 0. The van der Waals surface area contributed by atoms with Gasteiger partial charge in [-0.1, -0.05) is 61.8 Å². The first-order valence-electron chi connectivity index (χ1n) is 7.31. The lowest BCUT2D eigenvalue weighted by Gasteiger charge is -2.13. The van der Waals surface area contributed by atoms with Crippen molar-refractivity contribution in [1.82, 2.24) is 5.32 Å². The molecule has 2 nitrogen and oxygen atoms in total. The molecule has 0 aromatic heterocycles. The average Bonchev–Trinajstić information content (AvgIpc) is 2.47. The maximum absolute atomic E-state index is 6.16. The van der Waals surface area contributed by atoms with Crippen molar-refractivity contribution in [3.8, 4) is 5.75 Å². The Morgan fingerprint density at radius 3 is 2.38 bits per heavy atom. The van der Waals surface area contributed by atoms with E-state index in [1.165, 1.54) is 5.56 Å². The first kappa shape index (κ1) is 15.9. The second-order valence-electron chi connectivity index (χ2n) is 5.51. The lowest BCUT2D eigenvalue weighted by Crippen LogP contribution is -2.19. The van der Waals surface area contributed by atoms with Crippen LogP contribution in [0.5, 0.6) is 5.75 Å². The van der Waals surface area contributed by atoms with Crippen LogP contribution < -0.4 is 10.1 Å². The normalized spacial score (nSPS) is 10.9. The first-order valence-corrected chi connectivity index (χ1v) is 7.69. The van der Waals surface area contributed by atoms with Gasteiger partial charge in [-0.15, -0.1) is 0 Å². The van der Waals surface area contributed by atoms with E-state index in [1.54, 1.807) is 0 Å².